The Balaban J connectivity index is 2.73. The van der Waals surface area contributed by atoms with Crippen molar-refractivity contribution in [3.63, 3.8) is 0 Å². The van der Waals surface area contributed by atoms with Gasteiger partial charge in [-0.25, -0.2) is 4.79 Å². The maximum absolute atomic E-state index is 11.8. The van der Waals surface area contributed by atoms with Gasteiger partial charge in [-0.15, -0.1) is 0 Å². The Labute approximate surface area is 99.6 Å². The van der Waals surface area contributed by atoms with E-state index in [2.05, 4.69) is 5.32 Å². The number of carboxylic acid groups (broad SMARTS) is 1. The number of nitrogens with two attached hydrogens (primary N) is 1. The van der Waals surface area contributed by atoms with E-state index in [4.69, 9.17) is 10.8 Å². The van der Waals surface area contributed by atoms with Crippen LogP contribution < -0.4 is 11.1 Å². The molecule has 0 spiro atoms. The highest BCUT2D eigenvalue weighted by molar-refractivity contribution is 5.97. The number of carbonyl (C=O) groups is 2. The molecule has 0 radical (unpaired) electrons. The molecule has 1 aromatic carbocycles. The topological polar surface area (TPSA) is 92.4 Å². The van der Waals surface area contributed by atoms with E-state index >= 15 is 0 Å². The van der Waals surface area contributed by atoms with Crippen molar-refractivity contribution in [1.29, 1.82) is 0 Å². The molecule has 92 valence electrons. The van der Waals surface area contributed by atoms with Crippen LogP contribution in [-0.4, -0.2) is 23.0 Å². The predicted octanol–water partition coefficient (Wildman–Crippen LogP) is 1.25. The molecule has 0 aliphatic carbocycles. The van der Waals surface area contributed by atoms with Crippen molar-refractivity contribution >= 4 is 17.6 Å². The third kappa shape index (κ3) is 3.79. The number of amides is 1. The minimum atomic E-state index is -1.02. The molecule has 0 aliphatic rings. The average molecular weight is 236 g/mol. The Hall–Kier alpha value is -2.04. The molecule has 0 aromatic heterocycles. The summed E-state index contributed by atoms with van der Waals surface area (Å²) in [7, 11) is 0. The molecule has 5 nitrogen and oxygen atoms in total. The average Bonchev–Trinajstić information content (AvgIpc) is 2.28. The molecule has 5 heteroatoms. The van der Waals surface area contributed by atoms with Crippen LogP contribution in [0.5, 0.6) is 0 Å². The number of anilines is 1. The van der Waals surface area contributed by atoms with Crippen molar-refractivity contribution < 1.29 is 14.7 Å². The molecule has 1 aromatic rings. The van der Waals surface area contributed by atoms with Crippen molar-refractivity contribution in [3.05, 3.63) is 29.8 Å². The van der Waals surface area contributed by atoms with E-state index in [1.165, 1.54) is 6.07 Å². The minimum absolute atomic E-state index is 0.368. The molecule has 4 N–H and O–H groups in total. The molecule has 0 bridgehead atoms. The quantitative estimate of drug-likeness (QED) is 0.671. The van der Waals surface area contributed by atoms with Crippen molar-refractivity contribution in [3.8, 4) is 0 Å². The largest absolute Gasteiger partial charge is 0.480 e. The summed E-state index contributed by atoms with van der Waals surface area (Å²) in [5, 5.41) is 11.4. The van der Waals surface area contributed by atoms with Crippen molar-refractivity contribution in [2.75, 3.05) is 5.73 Å². The van der Waals surface area contributed by atoms with Gasteiger partial charge in [0, 0.05) is 11.3 Å². The lowest BCUT2D eigenvalue weighted by Crippen LogP contribution is -2.40. The molecule has 1 atom stereocenters. The van der Waals surface area contributed by atoms with Crippen LogP contribution in [0.1, 0.15) is 30.1 Å². The zero-order valence-corrected chi connectivity index (χ0v) is 9.64. The standard InChI is InChI=1S/C12H16N2O3/c1-2-4-10(12(16)17)14-11(15)8-5-3-6-9(13)7-8/h3,5-7,10H,2,4,13H2,1H3,(H,14,15)(H,16,17). The van der Waals surface area contributed by atoms with Crippen LogP contribution >= 0.6 is 0 Å². The molecule has 0 heterocycles. The lowest BCUT2D eigenvalue weighted by Gasteiger charge is -2.13. The summed E-state index contributed by atoms with van der Waals surface area (Å²) >= 11 is 0. The van der Waals surface area contributed by atoms with Crippen LogP contribution in [0.2, 0.25) is 0 Å². The third-order valence-electron chi connectivity index (χ3n) is 2.33. The first-order chi connectivity index (χ1) is 8.04. The number of hydrogen-bond donors (Lipinski definition) is 3. The second kappa shape index (κ2) is 5.89. The number of nitrogens with one attached hydrogen (secondary N) is 1. The highest BCUT2D eigenvalue weighted by atomic mass is 16.4. The number of carbonyl (C=O) groups excluding carboxylic acids is 1. The molecular formula is C12H16N2O3. The van der Waals surface area contributed by atoms with Gasteiger partial charge in [-0.2, -0.15) is 0 Å². The number of benzene rings is 1. The zero-order chi connectivity index (χ0) is 12.8. The van der Waals surface area contributed by atoms with Crippen molar-refractivity contribution in [2.24, 2.45) is 0 Å². The van der Waals surface area contributed by atoms with E-state index in [1.807, 2.05) is 6.92 Å². The monoisotopic (exact) mass is 236 g/mol. The highest BCUT2D eigenvalue weighted by Gasteiger charge is 2.19. The molecule has 17 heavy (non-hydrogen) atoms. The van der Waals surface area contributed by atoms with E-state index < -0.39 is 17.9 Å². The molecule has 0 saturated heterocycles. The molecule has 0 saturated carbocycles. The Morgan fingerprint density at radius 1 is 1.47 bits per heavy atom. The van der Waals surface area contributed by atoms with Gasteiger partial charge in [-0.1, -0.05) is 19.4 Å². The van der Waals surface area contributed by atoms with Gasteiger partial charge in [0.25, 0.3) is 5.91 Å². The van der Waals surface area contributed by atoms with E-state index in [0.717, 1.165) is 0 Å². The second-order valence-electron chi connectivity index (χ2n) is 3.78. The van der Waals surface area contributed by atoms with Gasteiger partial charge in [0.1, 0.15) is 6.04 Å². The van der Waals surface area contributed by atoms with Crippen LogP contribution in [0.15, 0.2) is 24.3 Å². The highest BCUT2D eigenvalue weighted by Crippen LogP contribution is 2.07. The molecule has 1 amide bonds. The van der Waals surface area contributed by atoms with E-state index in [9.17, 15) is 9.59 Å². The van der Waals surface area contributed by atoms with Gasteiger partial charge in [-0.3, -0.25) is 4.79 Å². The van der Waals surface area contributed by atoms with Crippen LogP contribution in [-0.2, 0) is 4.79 Å². The molecule has 1 unspecified atom stereocenters. The SMILES string of the molecule is CCCC(NC(=O)c1cccc(N)c1)C(=O)O. The summed E-state index contributed by atoms with van der Waals surface area (Å²) in [5.41, 5.74) is 6.39. The zero-order valence-electron chi connectivity index (χ0n) is 9.64. The molecule has 1 rings (SSSR count). The lowest BCUT2D eigenvalue weighted by molar-refractivity contribution is -0.139. The summed E-state index contributed by atoms with van der Waals surface area (Å²) in [4.78, 5) is 22.6. The van der Waals surface area contributed by atoms with Gasteiger partial charge in [0.2, 0.25) is 0 Å². The summed E-state index contributed by atoms with van der Waals surface area (Å²) in [6, 6.07) is 5.57. The normalized spacial score (nSPS) is 11.8. The molecular weight excluding hydrogens is 220 g/mol. The number of rotatable bonds is 5. The van der Waals surface area contributed by atoms with E-state index in [-0.39, 0.29) is 0 Å². The Bertz CT molecular complexity index is 418. The summed E-state index contributed by atoms with van der Waals surface area (Å²) < 4.78 is 0. The number of nitrogen functional groups attached to an aromatic ring is 1. The maximum Gasteiger partial charge on any atom is 0.326 e. The Morgan fingerprint density at radius 2 is 2.18 bits per heavy atom. The lowest BCUT2D eigenvalue weighted by atomic mass is 10.1. The van der Waals surface area contributed by atoms with Crippen LogP contribution in [0.25, 0.3) is 0 Å². The number of hydrogen-bond acceptors (Lipinski definition) is 3. The van der Waals surface area contributed by atoms with Gasteiger partial charge in [0.15, 0.2) is 0 Å². The Morgan fingerprint density at radius 3 is 2.71 bits per heavy atom. The van der Waals surface area contributed by atoms with Gasteiger partial charge < -0.3 is 16.2 Å². The van der Waals surface area contributed by atoms with Crippen LogP contribution in [0.4, 0.5) is 5.69 Å². The molecule has 0 aliphatic heterocycles. The summed E-state index contributed by atoms with van der Waals surface area (Å²) in [5.74, 6) is -1.44. The number of aliphatic carboxylic acids is 1. The third-order valence-corrected chi connectivity index (χ3v) is 2.33. The first-order valence-corrected chi connectivity index (χ1v) is 5.43. The second-order valence-corrected chi connectivity index (χ2v) is 3.78. The Kier molecular flexibility index (Phi) is 4.51. The van der Waals surface area contributed by atoms with Gasteiger partial charge >= 0.3 is 5.97 Å². The molecule has 0 fully saturated rings. The van der Waals surface area contributed by atoms with Crippen LogP contribution in [0.3, 0.4) is 0 Å². The van der Waals surface area contributed by atoms with Crippen LogP contribution in [0, 0.1) is 0 Å². The number of carboxylic acids is 1. The predicted molar refractivity (Wildman–Crippen MR) is 64.7 cm³/mol. The maximum atomic E-state index is 11.8. The van der Waals surface area contributed by atoms with Crippen molar-refractivity contribution in [2.45, 2.75) is 25.8 Å². The van der Waals surface area contributed by atoms with Gasteiger partial charge in [-0.05, 0) is 24.6 Å². The van der Waals surface area contributed by atoms with Crippen molar-refractivity contribution in [1.82, 2.24) is 5.32 Å². The summed E-state index contributed by atoms with van der Waals surface area (Å²) in [6.07, 6.45) is 1.09. The fraction of sp³-hybridized carbons (Fsp3) is 0.333. The first kappa shape index (κ1) is 13.0. The van der Waals surface area contributed by atoms with E-state index in [0.29, 0.717) is 24.1 Å². The summed E-state index contributed by atoms with van der Waals surface area (Å²) in [6.45, 7) is 1.86. The fourth-order valence-corrected chi connectivity index (χ4v) is 1.47. The smallest absolute Gasteiger partial charge is 0.326 e. The minimum Gasteiger partial charge on any atom is -0.480 e. The fourth-order valence-electron chi connectivity index (χ4n) is 1.47. The van der Waals surface area contributed by atoms with E-state index in [1.54, 1.807) is 18.2 Å². The van der Waals surface area contributed by atoms with Gasteiger partial charge in [0.05, 0.1) is 0 Å². The first-order valence-electron chi connectivity index (χ1n) is 5.43.